The number of hydrogen-bond acceptors (Lipinski definition) is 15. The third kappa shape index (κ3) is 11.9. The highest BCUT2D eigenvalue weighted by Gasteiger charge is 2.40. The van der Waals surface area contributed by atoms with Crippen molar-refractivity contribution in [3.63, 3.8) is 0 Å². The number of aliphatic hydroxyl groups is 1. The SMILES string of the molecule is COc1cc(OCCO)c(F)c([C@@H](Cc2ccc(C(=N)NC(=O)OCC(C)(C)C)cc2)c2nc(OCOC(=O)C(C)(C)C(=O)OC(C)C)n(-c3ncccn3)n2)c1. The van der Waals surface area contributed by atoms with Gasteiger partial charge in [-0.2, -0.15) is 4.98 Å². The molecule has 3 N–H and O–H groups in total. The highest BCUT2D eigenvalue weighted by atomic mass is 19.1. The van der Waals surface area contributed by atoms with Gasteiger partial charge in [-0.25, -0.2) is 19.2 Å². The number of benzene rings is 2. The lowest BCUT2D eigenvalue weighted by Gasteiger charge is -2.21. The molecule has 0 aliphatic carbocycles. The van der Waals surface area contributed by atoms with Crippen molar-refractivity contribution in [3.05, 3.63) is 83.2 Å². The maximum absolute atomic E-state index is 16.4. The Hall–Kier alpha value is -6.17. The van der Waals surface area contributed by atoms with Crippen LogP contribution in [0.1, 0.15) is 76.9 Å². The van der Waals surface area contributed by atoms with E-state index in [0.29, 0.717) is 11.1 Å². The van der Waals surface area contributed by atoms with Gasteiger partial charge in [-0.1, -0.05) is 45.0 Å². The molecule has 0 aliphatic rings. The lowest BCUT2D eigenvalue weighted by molar-refractivity contribution is -0.175. The van der Waals surface area contributed by atoms with E-state index in [1.165, 1.54) is 45.5 Å². The molecule has 2 aromatic carbocycles. The van der Waals surface area contributed by atoms with E-state index in [1.807, 2.05) is 20.8 Å². The van der Waals surface area contributed by atoms with Gasteiger partial charge in [0.25, 0.3) is 5.95 Å². The Morgan fingerprint density at radius 3 is 2.28 bits per heavy atom. The Morgan fingerprint density at radius 1 is 0.982 bits per heavy atom. The van der Waals surface area contributed by atoms with Crippen molar-refractivity contribution in [1.82, 2.24) is 30.0 Å². The summed E-state index contributed by atoms with van der Waals surface area (Å²) in [6.07, 6.45) is 1.76. The summed E-state index contributed by atoms with van der Waals surface area (Å²) in [5, 5.41) is 24.8. The van der Waals surface area contributed by atoms with Crippen LogP contribution in [0.15, 0.2) is 54.9 Å². The largest absolute Gasteiger partial charge is 0.497 e. The van der Waals surface area contributed by atoms with Crippen molar-refractivity contribution in [2.75, 3.05) is 33.7 Å². The number of rotatable bonds is 17. The van der Waals surface area contributed by atoms with Gasteiger partial charge in [0.05, 0.1) is 32.3 Å². The Bertz CT molecular complexity index is 2020. The van der Waals surface area contributed by atoms with E-state index in [4.69, 9.17) is 33.8 Å². The molecule has 0 spiro atoms. The molecule has 1 atom stereocenters. The second-order valence-corrected chi connectivity index (χ2v) is 14.7. The number of alkyl carbamates (subject to hydrolysis) is 1. The van der Waals surface area contributed by atoms with Gasteiger partial charge < -0.3 is 33.5 Å². The van der Waals surface area contributed by atoms with Crippen molar-refractivity contribution < 1.29 is 52.3 Å². The number of aromatic nitrogens is 5. The molecule has 0 saturated heterocycles. The van der Waals surface area contributed by atoms with E-state index in [0.717, 1.165) is 4.68 Å². The zero-order chi connectivity index (χ0) is 41.9. The first-order valence-corrected chi connectivity index (χ1v) is 17.9. The van der Waals surface area contributed by atoms with Crippen LogP contribution < -0.4 is 19.5 Å². The number of halogens is 1. The van der Waals surface area contributed by atoms with Gasteiger partial charge in [0.1, 0.15) is 18.2 Å². The number of amides is 1. The number of methoxy groups -OCH3 is 1. The third-order valence-corrected chi connectivity index (χ3v) is 7.94. The number of carbonyl (C=O) groups is 3. The summed E-state index contributed by atoms with van der Waals surface area (Å²) in [6, 6.07) is 10.8. The minimum atomic E-state index is -1.65. The number of nitrogens with one attached hydrogen (secondary N) is 2. The molecule has 2 aromatic heterocycles. The van der Waals surface area contributed by atoms with Gasteiger partial charge in [0, 0.05) is 29.6 Å². The fraction of sp³-hybridized carbons (Fsp3) is 0.436. The van der Waals surface area contributed by atoms with E-state index >= 15 is 4.39 Å². The molecule has 0 radical (unpaired) electrons. The van der Waals surface area contributed by atoms with E-state index < -0.39 is 48.1 Å². The summed E-state index contributed by atoms with van der Waals surface area (Å²) >= 11 is 0. The molecule has 57 heavy (non-hydrogen) atoms. The first kappa shape index (κ1) is 43.6. The van der Waals surface area contributed by atoms with Gasteiger partial charge in [-0.15, -0.1) is 9.78 Å². The van der Waals surface area contributed by atoms with E-state index in [9.17, 15) is 19.5 Å². The minimum absolute atomic E-state index is 0.0185. The number of esters is 2. The minimum Gasteiger partial charge on any atom is -0.497 e. The molecule has 0 unspecified atom stereocenters. The lowest BCUT2D eigenvalue weighted by atomic mass is 9.90. The number of nitrogens with zero attached hydrogens (tertiary/aromatic N) is 5. The molecule has 0 fully saturated rings. The fourth-order valence-corrected chi connectivity index (χ4v) is 4.95. The van der Waals surface area contributed by atoms with Gasteiger partial charge in [-0.05, 0) is 57.2 Å². The summed E-state index contributed by atoms with van der Waals surface area (Å²) < 4.78 is 50.0. The number of carbonyl (C=O) groups excluding carboxylic acids is 3. The molecule has 1 amide bonds. The zero-order valence-corrected chi connectivity index (χ0v) is 33.1. The van der Waals surface area contributed by atoms with Crippen LogP contribution in [-0.2, 0) is 30.2 Å². The summed E-state index contributed by atoms with van der Waals surface area (Å²) in [6.45, 7) is 10.7. The smallest absolute Gasteiger partial charge is 0.412 e. The molecular weight excluding hydrogens is 745 g/mol. The van der Waals surface area contributed by atoms with Gasteiger partial charge in [0.15, 0.2) is 22.8 Å². The van der Waals surface area contributed by atoms with Crippen LogP contribution in [0.3, 0.4) is 0 Å². The summed E-state index contributed by atoms with van der Waals surface area (Å²) in [7, 11) is 1.40. The molecule has 17 nitrogen and oxygen atoms in total. The predicted molar refractivity (Wildman–Crippen MR) is 202 cm³/mol. The molecule has 18 heteroatoms. The fourth-order valence-electron chi connectivity index (χ4n) is 4.95. The predicted octanol–water partition coefficient (Wildman–Crippen LogP) is 4.91. The van der Waals surface area contributed by atoms with Crippen molar-refractivity contribution in [1.29, 1.82) is 5.41 Å². The lowest BCUT2D eigenvalue weighted by Crippen LogP contribution is -2.38. The summed E-state index contributed by atoms with van der Waals surface area (Å²) in [5.74, 6) is -3.55. The van der Waals surface area contributed by atoms with Crippen LogP contribution in [0.4, 0.5) is 9.18 Å². The molecule has 2 heterocycles. The van der Waals surface area contributed by atoms with E-state index in [-0.39, 0.29) is 72.3 Å². The zero-order valence-electron chi connectivity index (χ0n) is 33.1. The highest BCUT2D eigenvalue weighted by molar-refractivity contribution is 6.04. The van der Waals surface area contributed by atoms with E-state index in [1.54, 1.807) is 44.2 Å². The van der Waals surface area contributed by atoms with Crippen LogP contribution in [0.2, 0.25) is 0 Å². The summed E-state index contributed by atoms with van der Waals surface area (Å²) in [4.78, 5) is 50.8. The molecule has 0 bridgehead atoms. The second kappa shape index (κ2) is 19.1. The van der Waals surface area contributed by atoms with Crippen molar-refractivity contribution in [3.8, 4) is 23.5 Å². The first-order chi connectivity index (χ1) is 26.9. The normalized spacial score (nSPS) is 12.1. The van der Waals surface area contributed by atoms with Crippen molar-refractivity contribution in [2.24, 2.45) is 10.8 Å². The first-order valence-electron chi connectivity index (χ1n) is 17.9. The molecule has 0 aliphatic heterocycles. The van der Waals surface area contributed by atoms with Crippen LogP contribution >= 0.6 is 0 Å². The average Bonchev–Trinajstić information content (AvgIpc) is 3.59. The highest BCUT2D eigenvalue weighted by Crippen LogP contribution is 2.37. The monoisotopic (exact) mass is 793 g/mol. The average molecular weight is 794 g/mol. The van der Waals surface area contributed by atoms with Gasteiger partial charge in [-0.3, -0.25) is 20.3 Å². The quantitative estimate of drug-likeness (QED) is 0.0323. The van der Waals surface area contributed by atoms with Crippen LogP contribution in [0.5, 0.6) is 17.5 Å². The van der Waals surface area contributed by atoms with Crippen LogP contribution in [0.25, 0.3) is 5.95 Å². The summed E-state index contributed by atoms with van der Waals surface area (Å²) in [5.41, 5.74) is -0.835. The third-order valence-electron chi connectivity index (χ3n) is 7.94. The van der Waals surface area contributed by atoms with Gasteiger partial charge >= 0.3 is 24.0 Å². The molecule has 4 rings (SSSR count). The molecule has 306 valence electrons. The number of ether oxygens (including phenoxy) is 6. The van der Waals surface area contributed by atoms with Gasteiger partial charge in [0.2, 0.25) is 6.79 Å². The van der Waals surface area contributed by atoms with Crippen molar-refractivity contribution >= 4 is 23.9 Å². The number of aliphatic hydroxyl groups excluding tert-OH is 1. The molecule has 0 saturated carbocycles. The van der Waals surface area contributed by atoms with E-state index in [2.05, 4.69) is 25.4 Å². The maximum atomic E-state index is 16.4. The van der Waals surface area contributed by atoms with Crippen LogP contribution in [0, 0.1) is 22.1 Å². The maximum Gasteiger partial charge on any atom is 0.412 e. The molecule has 4 aromatic rings. The Morgan fingerprint density at radius 2 is 1.67 bits per heavy atom. The number of amidine groups is 1. The Labute approximate surface area is 329 Å². The topological polar surface area (TPSA) is 219 Å². The Kier molecular flexibility index (Phi) is 14.6. The second-order valence-electron chi connectivity index (χ2n) is 14.7. The number of hydrogen-bond donors (Lipinski definition) is 3. The van der Waals surface area contributed by atoms with Crippen molar-refractivity contribution in [2.45, 2.75) is 66.9 Å². The van der Waals surface area contributed by atoms with Crippen LogP contribution in [-0.4, -0.2) is 93.5 Å². The molecular formula is C39H48FN7O10. The Balaban J connectivity index is 1.72. The standard InChI is InChI=1S/C39H48FN7O10/c1-23(2)57-34(50)39(6,7)33(49)55-22-56-36-45-32(46-47(36)35-42-14-9-15-43-35)28(27-19-26(52-8)20-29(30(27)40)53-17-16-48)18-24-10-12-25(13-11-24)31(41)44-37(51)54-21-38(3,4)5/h9-15,19-20,23,28,48H,16-18,21-22H2,1-8H3,(H2,41,44,51)/t28-/m1/s1.